The lowest BCUT2D eigenvalue weighted by atomic mass is 10.1. The second-order valence-corrected chi connectivity index (χ2v) is 5.97. The summed E-state index contributed by atoms with van der Waals surface area (Å²) in [5.74, 6) is 0.167. The molecule has 0 spiro atoms. The Morgan fingerprint density at radius 2 is 1.76 bits per heavy atom. The molecule has 2 amide bonds. The van der Waals surface area contributed by atoms with E-state index in [1.165, 1.54) is 0 Å². The number of likely N-dealkylation sites (N-methyl/N-ethyl adjacent to an activating group) is 1. The Morgan fingerprint density at radius 3 is 2.24 bits per heavy atom. The quantitative estimate of drug-likeness (QED) is 0.813. The van der Waals surface area contributed by atoms with Gasteiger partial charge in [0.15, 0.2) is 0 Å². The lowest BCUT2D eigenvalue weighted by molar-refractivity contribution is -0.138. The fraction of sp³-hybridized carbons (Fsp3) is 0.846. The van der Waals surface area contributed by atoms with E-state index in [1.54, 1.807) is 11.9 Å². The summed E-state index contributed by atoms with van der Waals surface area (Å²) in [6, 6.07) is 0. The van der Waals surface area contributed by atoms with Crippen molar-refractivity contribution >= 4 is 11.8 Å². The van der Waals surface area contributed by atoms with E-state index in [0.29, 0.717) is 0 Å². The van der Waals surface area contributed by atoms with Crippen LogP contribution >= 0.6 is 0 Å². The molecule has 0 bridgehead atoms. The van der Waals surface area contributed by atoms with Gasteiger partial charge in [-0.2, -0.15) is 0 Å². The minimum absolute atomic E-state index is 0.0913. The molecule has 98 valence electrons. The minimum Gasteiger partial charge on any atom is -0.350 e. The van der Waals surface area contributed by atoms with Gasteiger partial charge in [0.2, 0.25) is 11.8 Å². The molecule has 1 aliphatic rings. The minimum atomic E-state index is -0.242. The van der Waals surface area contributed by atoms with E-state index in [2.05, 4.69) is 5.32 Å². The summed E-state index contributed by atoms with van der Waals surface area (Å²) in [6.45, 7) is 5.96. The molecule has 0 atom stereocenters. The Labute approximate surface area is 104 Å². The van der Waals surface area contributed by atoms with Gasteiger partial charge in [0.25, 0.3) is 0 Å². The molecule has 0 radical (unpaired) electrons. The Bertz CT molecular complexity index is 288. The second-order valence-electron chi connectivity index (χ2n) is 5.97. The molecular weight excluding hydrogens is 216 g/mol. The summed E-state index contributed by atoms with van der Waals surface area (Å²) in [6.07, 6.45) is 4.23. The number of nitrogens with zero attached hydrogens (tertiary/aromatic N) is 1. The second kappa shape index (κ2) is 5.52. The molecule has 4 heteroatoms. The molecule has 0 saturated heterocycles. The van der Waals surface area contributed by atoms with Crippen LogP contribution in [0, 0.1) is 5.92 Å². The van der Waals surface area contributed by atoms with Gasteiger partial charge in [0.05, 0.1) is 6.54 Å². The van der Waals surface area contributed by atoms with E-state index < -0.39 is 0 Å². The highest BCUT2D eigenvalue weighted by Crippen LogP contribution is 2.26. The largest absolute Gasteiger partial charge is 0.350 e. The fourth-order valence-corrected chi connectivity index (χ4v) is 2.24. The molecule has 0 aromatic rings. The summed E-state index contributed by atoms with van der Waals surface area (Å²) in [5, 5.41) is 2.86. The third-order valence-corrected chi connectivity index (χ3v) is 2.98. The topological polar surface area (TPSA) is 49.4 Å². The zero-order valence-corrected chi connectivity index (χ0v) is 11.4. The Hall–Kier alpha value is -1.06. The van der Waals surface area contributed by atoms with E-state index in [-0.39, 0.29) is 29.8 Å². The molecule has 0 heterocycles. The van der Waals surface area contributed by atoms with Crippen LogP contribution in [-0.2, 0) is 9.59 Å². The van der Waals surface area contributed by atoms with E-state index >= 15 is 0 Å². The number of nitrogens with one attached hydrogen (secondary N) is 1. The molecule has 1 fully saturated rings. The smallest absolute Gasteiger partial charge is 0.240 e. The number of hydrogen-bond acceptors (Lipinski definition) is 2. The van der Waals surface area contributed by atoms with E-state index in [1.807, 2.05) is 20.8 Å². The van der Waals surface area contributed by atoms with Gasteiger partial charge in [-0.25, -0.2) is 0 Å². The van der Waals surface area contributed by atoms with Crippen molar-refractivity contribution in [3.05, 3.63) is 0 Å². The van der Waals surface area contributed by atoms with Crippen molar-refractivity contribution in [2.45, 2.75) is 52.0 Å². The van der Waals surface area contributed by atoms with Crippen LogP contribution in [0.3, 0.4) is 0 Å². The van der Waals surface area contributed by atoms with E-state index in [0.717, 1.165) is 25.7 Å². The lowest BCUT2D eigenvalue weighted by Crippen LogP contribution is -2.47. The first-order valence-electron chi connectivity index (χ1n) is 6.35. The lowest BCUT2D eigenvalue weighted by Gasteiger charge is -2.24. The van der Waals surface area contributed by atoms with Crippen LogP contribution in [0.1, 0.15) is 46.5 Å². The van der Waals surface area contributed by atoms with Crippen LogP contribution in [0.5, 0.6) is 0 Å². The number of amides is 2. The third-order valence-electron chi connectivity index (χ3n) is 2.98. The van der Waals surface area contributed by atoms with Crippen LogP contribution in [0.25, 0.3) is 0 Å². The molecule has 1 aliphatic carbocycles. The average Bonchev–Trinajstić information content (AvgIpc) is 2.65. The SMILES string of the molecule is CN(CC(=O)NC(C)(C)C)C(=O)C1CCCC1. The monoisotopic (exact) mass is 240 g/mol. The van der Waals surface area contributed by atoms with E-state index in [4.69, 9.17) is 0 Å². The number of hydrogen-bond donors (Lipinski definition) is 1. The molecule has 0 unspecified atom stereocenters. The Morgan fingerprint density at radius 1 is 1.24 bits per heavy atom. The predicted molar refractivity (Wildman–Crippen MR) is 67.5 cm³/mol. The molecule has 1 saturated carbocycles. The van der Waals surface area contributed by atoms with Gasteiger partial charge in [-0.1, -0.05) is 12.8 Å². The van der Waals surface area contributed by atoms with Crippen LogP contribution in [0.15, 0.2) is 0 Å². The molecule has 4 nitrogen and oxygen atoms in total. The number of carbonyl (C=O) groups excluding carboxylic acids is 2. The standard InChI is InChI=1S/C13H24N2O2/c1-13(2,3)14-11(16)9-15(4)12(17)10-7-5-6-8-10/h10H,5-9H2,1-4H3,(H,14,16). The van der Waals surface area contributed by atoms with Crippen molar-refractivity contribution in [3.63, 3.8) is 0 Å². The number of carbonyl (C=O) groups is 2. The van der Waals surface area contributed by atoms with Crippen molar-refractivity contribution in [1.82, 2.24) is 10.2 Å². The van der Waals surface area contributed by atoms with E-state index in [9.17, 15) is 9.59 Å². The zero-order chi connectivity index (χ0) is 13.1. The summed E-state index contributed by atoms with van der Waals surface area (Å²) in [7, 11) is 1.71. The van der Waals surface area contributed by atoms with Gasteiger partial charge in [0.1, 0.15) is 0 Å². The summed E-state index contributed by atoms with van der Waals surface area (Å²) in [4.78, 5) is 25.2. The first-order valence-corrected chi connectivity index (χ1v) is 6.35. The average molecular weight is 240 g/mol. The molecule has 0 aliphatic heterocycles. The van der Waals surface area contributed by atoms with Crippen molar-refractivity contribution in [2.75, 3.05) is 13.6 Å². The highest BCUT2D eigenvalue weighted by molar-refractivity contribution is 5.86. The summed E-state index contributed by atoms with van der Waals surface area (Å²) >= 11 is 0. The van der Waals surface area contributed by atoms with Crippen molar-refractivity contribution in [3.8, 4) is 0 Å². The normalized spacial score (nSPS) is 16.9. The first kappa shape index (κ1) is 14.0. The summed E-state index contributed by atoms with van der Waals surface area (Å²) < 4.78 is 0. The van der Waals surface area contributed by atoms with Crippen LogP contribution < -0.4 is 5.32 Å². The van der Waals surface area contributed by atoms with Gasteiger partial charge in [-0.05, 0) is 33.6 Å². The molecular formula is C13H24N2O2. The van der Waals surface area contributed by atoms with Crippen LogP contribution in [0.2, 0.25) is 0 Å². The van der Waals surface area contributed by atoms with Gasteiger partial charge in [0, 0.05) is 18.5 Å². The molecule has 0 aromatic heterocycles. The molecule has 1 rings (SSSR count). The molecule has 1 N–H and O–H groups in total. The van der Waals surface area contributed by atoms with Crippen molar-refractivity contribution < 1.29 is 9.59 Å². The van der Waals surface area contributed by atoms with Gasteiger partial charge >= 0.3 is 0 Å². The maximum absolute atomic E-state index is 12.0. The maximum atomic E-state index is 12.0. The Kier molecular flexibility index (Phi) is 4.54. The van der Waals surface area contributed by atoms with Crippen LogP contribution in [0.4, 0.5) is 0 Å². The maximum Gasteiger partial charge on any atom is 0.240 e. The highest BCUT2D eigenvalue weighted by Gasteiger charge is 2.26. The van der Waals surface area contributed by atoms with Gasteiger partial charge < -0.3 is 10.2 Å². The first-order chi connectivity index (χ1) is 7.79. The van der Waals surface area contributed by atoms with Crippen molar-refractivity contribution in [2.24, 2.45) is 5.92 Å². The van der Waals surface area contributed by atoms with Crippen LogP contribution in [-0.4, -0.2) is 35.8 Å². The molecule has 0 aromatic carbocycles. The molecule has 17 heavy (non-hydrogen) atoms. The number of rotatable bonds is 3. The van der Waals surface area contributed by atoms with Gasteiger partial charge in [-0.15, -0.1) is 0 Å². The van der Waals surface area contributed by atoms with Gasteiger partial charge in [-0.3, -0.25) is 9.59 Å². The highest BCUT2D eigenvalue weighted by atomic mass is 16.2. The third kappa shape index (κ3) is 4.75. The Balaban J connectivity index is 2.40. The van der Waals surface area contributed by atoms with Crippen molar-refractivity contribution in [1.29, 1.82) is 0 Å². The zero-order valence-electron chi connectivity index (χ0n) is 11.4. The predicted octanol–water partition coefficient (Wildman–Crippen LogP) is 1.55. The fourth-order valence-electron chi connectivity index (χ4n) is 2.24. The summed E-state index contributed by atoms with van der Waals surface area (Å²) in [5.41, 5.74) is -0.242.